The van der Waals surface area contributed by atoms with E-state index in [1.807, 2.05) is 54.6 Å². The first-order chi connectivity index (χ1) is 18.4. The summed E-state index contributed by atoms with van der Waals surface area (Å²) in [6.45, 7) is 0. The van der Waals surface area contributed by atoms with E-state index in [9.17, 15) is 9.59 Å². The number of rotatable bonds is 7. The molecule has 3 aromatic carbocycles. The Kier molecular flexibility index (Phi) is 7.67. The molecule has 8 nitrogen and oxygen atoms in total. The molecule has 0 spiro atoms. The number of hydrazone groups is 1. The number of thioether (sulfide) groups is 1. The lowest BCUT2D eigenvalue weighted by atomic mass is 9.98. The second-order valence-electron chi connectivity index (χ2n) is 8.69. The van der Waals surface area contributed by atoms with Gasteiger partial charge in [-0.05, 0) is 47.5 Å². The number of para-hydroxylation sites is 2. The van der Waals surface area contributed by atoms with Gasteiger partial charge in [0, 0.05) is 17.9 Å². The number of anilines is 1. The van der Waals surface area contributed by atoms with E-state index < -0.39 is 5.25 Å². The van der Waals surface area contributed by atoms with Crippen LogP contribution in [0.15, 0.2) is 82.9 Å². The summed E-state index contributed by atoms with van der Waals surface area (Å²) in [5, 5.41) is 9.92. The minimum Gasteiger partial charge on any atom is -0.497 e. The number of carbonyl (C=O) groups excluding carboxylic acids is 2. The molecule has 0 aliphatic carbocycles. The topological polar surface area (TPSA) is 92.6 Å². The number of nitrogens with zero attached hydrogens (tertiary/aromatic N) is 3. The van der Waals surface area contributed by atoms with Crippen LogP contribution in [0.2, 0.25) is 5.02 Å². The van der Waals surface area contributed by atoms with Gasteiger partial charge in [0.05, 0.1) is 31.7 Å². The number of nitrogens with one attached hydrogen (secondary N) is 1. The molecule has 0 unspecified atom stereocenters. The van der Waals surface area contributed by atoms with E-state index in [-0.39, 0.29) is 24.3 Å². The van der Waals surface area contributed by atoms with Crippen molar-refractivity contribution in [2.75, 3.05) is 19.5 Å². The molecule has 194 valence electrons. The minimum absolute atomic E-state index is 0.0278. The van der Waals surface area contributed by atoms with Crippen LogP contribution in [0, 0.1) is 0 Å². The van der Waals surface area contributed by atoms with E-state index in [0.717, 1.165) is 22.6 Å². The lowest BCUT2D eigenvalue weighted by Crippen LogP contribution is -2.25. The zero-order chi connectivity index (χ0) is 26.6. The largest absolute Gasteiger partial charge is 0.497 e. The number of halogens is 1. The molecule has 0 saturated heterocycles. The maximum atomic E-state index is 12.9. The van der Waals surface area contributed by atoms with E-state index in [0.29, 0.717) is 28.0 Å². The van der Waals surface area contributed by atoms with E-state index >= 15 is 0 Å². The van der Waals surface area contributed by atoms with Crippen molar-refractivity contribution in [2.45, 2.75) is 24.1 Å². The number of aliphatic imine (C=N–C) groups is 1. The van der Waals surface area contributed by atoms with E-state index in [4.69, 9.17) is 26.2 Å². The van der Waals surface area contributed by atoms with Crippen LogP contribution in [0.3, 0.4) is 0 Å². The molecular formula is C28H25ClN4O4S. The average Bonchev–Trinajstić information content (AvgIpc) is 3.53. The van der Waals surface area contributed by atoms with Crippen molar-refractivity contribution in [1.29, 1.82) is 0 Å². The Hall–Kier alpha value is -3.82. The maximum Gasteiger partial charge on any atom is 0.262 e. The Morgan fingerprint density at radius 2 is 1.87 bits per heavy atom. The summed E-state index contributed by atoms with van der Waals surface area (Å²) in [5.41, 5.74) is 3.31. The summed E-state index contributed by atoms with van der Waals surface area (Å²) in [6.07, 6.45) is 0.571. The highest BCUT2D eigenvalue weighted by Gasteiger charge is 2.39. The number of benzene rings is 3. The first kappa shape index (κ1) is 25.8. The van der Waals surface area contributed by atoms with Gasteiger partial charge in [0.15, 0.2) is 5.17 Å². The van der Waals surface area contributed by atoms with Crippen molar-refractivity contribution in [1.82, 2.24) is 5.01 Å². The van der Waals surface area contributed by atoms with Gasteiger partial charge in [0.2, 0.25) is 5.91 Å². The fourth-order valence-corrected chi connectivity index (χ4v) is 5.52. The molecule has 38 heavy (non-hydrogen) atoms. The molecule has 1 N–H and O–H groups in total. The smallest absolute Gasteiger partial charge is 0.262 e. The van der Waals surface area contributed by atoms with Crippen molar-refractivity contribution in [2.24, 2.45) is 10.1 Å². The van der Waals surface area contributed by atoms with Gasteiger partial charge in [0.25, 0.3) is 5.91 Å². The SMILES string of the molecule is COc1cccc([C@@H]2CC(c3ccc(Cl)cc3)=NN2C2=NC(=O)[C@@H](CC(=O)Nc3ccccc3OC)S2)c1. The summed E-state index contributed by atoms with van der Waals surface area (Å²) in [7, 11) is 3.16. The average molecular weight is 549 g/mol. The predicted octanol–water partition coefficient (Wildman–Crippen LogP) is 5.54. The number of hydrogen-bond donors (Lipinski definition) is 1. The normalized spacial score (nSPS) is 18.7. The summed E-state index contributed by atoms with van der Waals surface area (Å²) in [6, 6.07) is 22.2. The second-order valence-corrected chi connectivity index (χ2v) is 10.3. The number of amides is 2. The van der Waals surface area contributed by atoms with Crippen LogP contribution in [0.5, 0.6) is 11.5 Å². The monoisotopic (exact) mass is 548 g/mol. The third-order valence-electron chi connectivity index (χ3n) is 6.24. The Morgan fingerprint density at radius 1 is 1.08 bits per heavy atom. The Balaban J connectivity index is 1.36. The van der Waals surface area contributed by atoms with Gasteiger partial charge < -0.3 is 14.8 Å². The van der Waals surface area contributed by atoms with Gasteiger partial charge in [-0.25, -0.2) is 5.01 Å². The third kappa shape index (κ3) is 5.54. The van der Waals surface area contributed by atoms with Crippen LogP contribution in [0.4, 0.5) is 5.69 Å². The highest BCUT2D eigenvalue weighted by atomic mass is 35.5. The number of hydrogen-bond acceptors (Lipinski definition) is 7. The molecule has 2 amide bonds. The van der Waals surface area contributed by atoms with Gasteiger partial charge in [0.1, 0.15) is 16.7 Å². The molecule has 0 radical (unpaired) electrons. The molecular weight excluding hydrogens is 524 g/mol. The predicted molar refractivity (Wildman–Crippen MR) is 150 cm³/mol. The van der Waals surface area contributed by atoms with Crippen LogP contribution in [-0.4, -0.2) is 47.2 Å². The Morgan fingerprint density at radius 3 is 2.63 bits per heavy atom. The molecule has 0 bridgehead atoms. The molecule has 5 rings (SSSR count). The Labute approximate surface area is 229 Å². The van der Waals surface area contributed by atoms with Crippen molar-refractivity contribution in [3.05, 3.63) is 88.9 Å². The molecule has 0 saturated carbocycles. The van der Waals surface area contributed by atoms with Crippen LogP contribution in [-0.2, 0) is 9.59 Å². The van der Waals surface area contributed by atoms with Gasteiger partial charge >= 0.3 is 0 Å². The molecule has 0 aromatic heterocycles. The van der Waals surface area contributed by atoms with Crippen molar-refractivity contribution in [3.8, 4) is 11.5 Å². The lowest BCUT2D eigenvalue weighted by Gasteiger charge is -2.23. The first-order valence-corrected chi connectivity index (χ1v) is 13.2. The first-order valence-electron chi connectivity index (χ1n) is 11.9. The van der Waals surface area contributed by atoms with Crippen LogP contribution < -0.4 is 14.8 Å². The number of ether oxygens (including phenoxy) is 2. The highest BCUT2D eigenvalue weighted by molar-refractivity contribution is 8.15. The van der Waals surface area contributed by atoms with E-state index in [1.165, 1.54) is 18.9 Å². The standard InChI is InChI=1S/C28H25ClN4O4S/c1-36-20-7-5-6-18(14-20)23-15-22(17-10-12-19(29)13-11-17)32-33(23)28-31-27(35)25(38-28)16-26(34)30-21-8-3-4-9-24(21)37-2/h3-14,23,25H,15-16H2,1-2H3,(H,30,34)/t23-,25+/m0/s1. The lowest BCUT2D eigenvalue weighted by molar-refractivity contribution is -0.121. The van der Waals surface area contributed by atoms with Crippen molar-refractivity contribution >= 4 is 51.7 Å². The summed E-state index contributed by atoms with van der Waals surface area (Å²) >= 11 is 7.33. The quantitative estimate of drug-likeness (QED) is 0.417. The van der Waals surface area contributed by atoms with Crippen molar-refractivity contribution < 1.29 is 19.1 Å². The van der Waals surface area contributed by atoms with Crippen molar-refractivity contribution in [3.63, 3.8) is 0 Å². The van der Waals surface area contributed by atoms with Gasteiger partial charge in [-0.15, -0.1) is 0 Å². The maximum absolute atomic E-state index is 12.9. The summed E-state index contributed by atoms with van der Waals surface area (Å²) in [4.78, 5) is 30.0. The molecule has 10 heteroatoms. The number of methoxy groups -OCH3 is 2. The van der Waals surface area contributed by atoms with Gasteiger partial charge in [-0.2, -0.15) is 10.1 Å². The molecule has 0 fully saturated rings. The van der Waals surface area contributed by atoms with E-state index in [1.54, 1.807) is 30.3 Å². The van der Waals surface area contributed by atoms with Crippen LogP contribution >= 0.6 is 23.4 Å². The Bertz CT molecular complexity index is 1430. The third-order valence-corrected chi connectivity index (χ3v) is 7.64. The zero-order valence-corrected chi connectivity index (χ0v) is 22.3. The molecule has 3 aromatic rings. The van der Waals surface area contributed by atoms with Crippen LogP contribution in [0.25, 0.3) is 0 Å². The van der Waals surface area contributed by atoms with Gasteiger partial charge in [-0.3, -0.25) is 9.59 Å². The zero-order valence-electron chi connectivity index (χ0n) is 20.8. The highest BCUT2D eigenvalue weighted by Crippen LogP contribution is 2.39. The second kappa shape index (κ2) is 11.3. The molecule has 2 aliphatic rings. The van der Waals surface area contributed by atoms with Crippen LogP contribution in [0.1, 0.15) is 30.0 Å². The fourth-order valence-electron chi connectivity index (χ4n) is 4.33. The number of amidine groups is 1. The number of carbonyl (C=O) groups is 2. The molecule has 2 atom stereocenters. The molecule has 2 aliphatic heterocycles. The molecule has 2 heterocycles. The fraction of sp³-hybridized carbons (Fsp3) is 0.214. The minimum atomic E-state index is -0.652. The summed E-state index contributed by atoms with van der Waals surface area (Å²) < 4.78 is 10.7. The van der Waals surface area contributed by atoms with E-state index in [2.05, 4.69) is 10.3 Å². The summed E-state index contributed by atoms with van der Waals surface area (Å²) in [5.74, 6) is 0.614. The van der Waals surface area contributed by atoms with Gasteiger partial charge in [-0.1, -0.05) is 59.8 Å².